The van der Waals surface area contributed by atoms with Crippen LogP contribution in [0.1, 0.15) is 30.3 Å². The van der Waals surface area contributed by atoms with Gasteiger partial charge < -0.3 is 9.80 Å². The van der Waals surface area contributed by atoms with Gasteiger partial charge in [-0.1, -0.05) is 0 Å². The first kappa shape index (κ1) is 13.8. The maximum Gasteiger partial charge on any atom is 0.225 e. The molecule has 1 aliphatic rings. The number of anilines is 2. The van der Waals surface area contributed by atoms with Gasteiger partial charge >= 0.3 is 0 Å². The second-order valence-corrected chi connectivity index (χ2v) is 5.69. The number of hydrogen-bond acceptors (Lipinski definition) is 5. The Morgan fingerprint density at radius 1 is 1.19 bits per heavy atom. The second kappa shape index (κ2) is 5.68. The van der Waals surface area contributed by atoms with Crippen LogP contribution >= 0.6 is 0 Å². The predicted octanol–water partition coefficient (Wildman–Crippen LogP) is 2.59. The van der Waals surface area contributed by atoms with Crippen molar-refractivity contribution >= 4 is 11.6 Å². The highest BCUT2D eigenvalue weighted by Crippen LogP contribution is 2.34. The summed E-state index contributed by atoms with van der Waals surface area (Å²) in [6, 6.07) is 6.41. The van der Waals surface area contributed by atoms with Crippen LogP contribution in [0.4, 0.5) is 11.6 Å². The highest BCUT2D eigenvalue weighted by molar-refractivity contribution is 5.49. The van der Waals surface area contributed by atoms with Crippen molar-refractivity contribution in [1.82, 2.24) is 15.0 Å². The molecule has 5 heteroatoms. The molecule has 3 rings (SSSR count). The van der Waals surface area contributed by atoms with Gasteiger partial charge in [-0.3, -0.25) is 4.98 Å². The smallest absolute Gasteiger partial charge is 0.225 e. The molecule has 2 aromatic heterocycles. The van der Waals surface area contributed by atoms with Crippen LogP contribution in [0.5, 0.6) is 0 Å². The van der Waals surface area contributed by atoms with E-state index < -0.39 is 0 Å². The van der Waals surface area contributed by atoms with Crippen LogP contribution in [-0.2, 0) is 0 Å². The van der Waals surface area contributed by atoms with E-state index in [1.54, 1.807) is 12.4 Å². The fourth-order valence-corrected chi connectivity index (χ4v) is 2.86. The lowest BCUT2D eigenvalue weighted by atomic mass is 10.1. The zero-order chi connectivity index (χ0) is 14.8. The molecule has 0 aromatic carbocycles. The van der Waals surface area contributed by atoms with Gasteiger partial charge in [-0.05, 0) is 38.0 Å². The Balaban J connectivity index is 1.95. The highest BCUT2D eigenvalue weighted by atomic mass is 15.3. The first-order chi connectivity index (χ1) is 10.1. The van der Waals surface area contributed by atoms with E-state index in [0.29, 0.717) is 0 Å². The van der Waals surface area contributed by atoms with Crippen molar-refractivity contribution in [2.24, 2.45) is 0 Å². The van der Waals surface area contributed by atoms with Crippen molar-refractivity contribution < 1.29 is 0 Å². The summed E-state index contributed by atoms with van der Waals surface area (Å²) in [5.74, 6) is 0.801. The summed E-state index contributed by atoms with van der Waals surface area (Å²) in [6.45, 7) is 3.04. The van der Waals surface area contributed by atoms with Crippen LogP contribution in [0, 0.1) is 6.92 Å². The monoisotopic (exact) mass is 283 g/mol. The third-order valence-electron chi connectivity index (χ3n) is 3.88. The highest BCUT2D eigenvalue weighted by Gasteiger charge is 2.29. The number of pyridine rings is 1. The molecule has 0 saturated carbocycles. The minimum Gasteiger partial charge on any atom is -0.378 e. The van der Waals surface area contributed by atoms with Crippen molar-refractivity contribution in [3.05, 3.63) is 42.0 Å². The van der Waals surface area contributed by atoms with E-state index in [-0.39, 0.29) is 6.04 Å². The molecule has 2 aromatic rings. The van der Waals surface area contributed by atoms with Crippen LogP contribution in [0.2, 0.25) is 0 Å². The van der Waals surface area contributed by atoms with E-state index in [4.69, 9.17) is 4.98 Å². The Labute approximate surface area is 125 Å². The molecular formula is C16H21N5. The van der Waals surface area contributed by atoms with Gasteiger partial charge in [0.25, 0.3) is 0 Å². The maximum absolute atomic E-state index is 4.75. The van der Waals surface area contributed by atoms with E-state index in [0.717, 1.165) is 36.7 Å². The summed E-state index contributed by atoms with van der Waals surface area (Å²) in [5, 5.41) is 0. The standard InChI is InChI=1S/C16H21N5/c1-12-10-13(20(2)3)11-14(19-12)15-6-4-9-21(15)16-17-7-5-8-18-16/h5,7-8,10-11,15H,4,6,9H2,1-3H3. The third-order valence-corrected chi connectivity index (χ3v) is 3.88. The van der Waals surface area contributed by atoms with Crippen molar-refractivity contribution in [3.63, 3.8) is 0 Å². The van der Waals surface area contributed by atoms with Gasteiger partial charge in [0.15, 0.2) is 0 Å². The summed E-state index contributed by atoms with van der Waals surface area (Å²) in [7, 11) is 4.12. The topological polar surface area (TPSA) is 45.2 Å². The van der Waals surface area contributed by atoms with Crippen molar-refractivity contribution in [3.8, 4) is 0 Å². The molecule has 0 bridgehead atoms. The molecule has 110 valence electrons. The average molecular weight is 283 g/mol. The Morgan fingerprint density at radius 3 is 2.67 bits per heavy atom. The number of aromatic nitrogens is 3. The van der Waals surface area contributed by atoms with E-state index >= 15 is 0 Å². The first-order valence-electron chi connectivity index (χ1n) is 7.35. The normalized spacial score (nSPS) is 18.0. The van der Waals surface area contributed by atoms with E-state index in [1.165, 1.54) is 5.69 Å². The quantitative estimate of drug-likeness (QED) is 0.866. The number of nitrogens with zero attached hydrogens (tertiary/aromatic N) is 5. The van der Waals surface area contributed by atoms with Gasteiger partial charge in [-0.25, -0.2) is 9.97 Å². The fraction of sp³-hybridized carbons (Fsp3) is 0.438. The SMILES string of the molecule is Cc1cc(N(C)C)cc(C2CCCN2c2ncccn2)n1. The summed E-state index contributed by atoms with van der Waals surface area (Å²) in [5.41, 5.74) is 3.36. The van der Waals surface area contributed by atoms with Crippen LogP contribution < -0.4 is 9.80 Å². The Hall–Kier alpha value is -2.17. The minimum atomic E-state index is 0.269. The molecular weight excluding hydrogens is 262 g/mol. The molecule has 5 nitrogen and oxygen atoms in total. The predicted molar refractivity (Wildman–Crippen MR) is 84.7 cm³/mol. The molecule has 1 unspecified atom stereocenters. The van der Waals surface area contributed by atoms with Gasteiger partial charge in [0, 0.05) is 44.4 Å². The second-order valence-electron chi connectivity index (χ2n) is 5.69. The lowest BCUT2D eigenvalue weighted by Crippen LogP contribution is -2.25. The molecule has 21 heavy (non-hydrogen) atoms. The molecule has 1 atom stereocenters. The molecule has 0 amide bonds. The van der Waals surface area contributed by atoms with Gasteiger partial charge in [-0.2, -0.15) is 0 Å². The minimum absolute atomic E-state index is 0.269. The number of aryl methyl sites for hydroxylation is 1. The molecule has 0 N–H and O–H groups in total. The van der Waals surface area contributed by atoms with Crippen molar-refractivity contribution in [2.75, 3.05) is 30.4 Å². The van der Waals surface area contributed by atoms with Crippen LogP contribution in [0.15, 0.2) is 30.6 Å². The van der Waals surface area contributed by atoms with Gasteiger partial charge in [-0.15, -0.1) is 0 Å². The summed E-state index contributed by atoms with van der Waals surface area (Å²) < 4.78 is 0. The first-order valence-corrected chi connectivity index (χ1v) is 7.35. The van der Waals surface area contributed by atoms with Crippen LogP contribution in [-0.4, -0.2) is 35.6 Å². The molecule has 1 aliphatic heterocycles. The molecule has 0 radical (unpaired) electrons. The van der Waals surface area contributed by atoms with Crippen molar-refractivity contribution in [1.29, 1.82) is 0 Å². The molecule has 3 heterocycles. The molecule has 0 spiro atoms. The fourth-order valence-electron chi connectivity index (χ4n) is 2.86. The van der Waals surface area contributed by atoms with Crippen LogP contribution in [0.25, 0.3) is 0 Å². The lowest BCUT2D eigenvalue weighted by molar-refractivity contribution is 0.676. The molecule has 1 saturated heterocycles. The molecule has 0 aliphatic carbocycles. The third kappa shape index (κ3) is 2.82. The molecule has 1 fully saturated rings. The zero-order valence-corrected chi connectivity index (χ0v) is 12.8. The summed E-state index contributed by atoms with van der Waals surface area (Å²) >= 11 is 0. The van der Waals surface area contributed by atoms with Crippen LogP contribution in [0.3, 0.4) is 0 Å². The van der Waals surface area contributed by atoms with Gasteiger partial charge in [0.05, 0.1) is 11.7 Å². The van der Waals surface area contributed by atoms with E-state index in [2.05, 4.69) is 52.9 Å². The van der Waals surface area contributed by atoms with Gasteiger partial charge in [0.1, 0.15) is 0 Å². The maximum atomic E-state index is 4.75. The van der Waals surface area contributed by atoms with E-state index in [1.807, 2.05) is 6.07 Å². The number of rotatable bonds is 3. The average Bonchev–Trinajstić information content (AvgIpc) is 2.97. The zero-order valence-electron chi connectivity index (χ0n) is 12.8. The number of hydrogen-bond donors (Lipinski definition) is 0. The van der Waals surface area contributed by atoms with Gasteiger partial charge in [0.2, 0.25) is 5.95 Å². The summed E-state index contributed by atoms with van der Waals surface area (Å²) in [6.07, 6.45) is 5.84. The Morgan fingerprint density at radius 2 is 1.95 bits per heavy atom. The summed E-state index contributed by atoms with van der Waals surface area (Å²) in [4.78, 5) is 17.9. The Kier molecular flexibility index (Phi) is 3.73. The van der Waals surface area contributed by atoms with Crippen molar-refractivity contribution in [2.45, 2.75) is 25.8 Å². The lowest BCUT2D eigenvalue weighted by Gasteiger charge is -2.25. The largest absolute Gasteiger partial charge is 0.378 e. The van der Waals surface area contributed by atoms with E-state index in [9.17, 15) is 0 Å². The Bertz CT molecular complexity index is 611.